The van der Waals surface area contributed by atoms with Gasteiger partial charge in [0, 0.05) is 38.3 Å². The zero-order valence-electron chi connectivity index (χ0n) is 17.2. The van der Waals surface area contributed by atoms with E-state index < -0.39 is 6.09 Å². The summed E-state index contributed by atoms with van der Waals surface area (Å²) in [6.45, 7) is 3.60. The van der Waals surface area contributed by atoms with Crippen LogP contribution in [0.15, 0.2) is 30.3 Å². The van der Waals surface area contributed by atoms with Gasteiger partial charge in [0.25, 0.3) is 0 Å². The van der Waals surface area contributed by atoms with Crippen LogP contribution in [0.5, 0.6) is 0 Å². The summed E-state index contributed by atoms with van der Waals surface area (Å²) >= 11 is 6.48. The average Bonchev–Trinajstić information content (AvgIpc) is 3.04. The molecule has 7 nitrogen and oxygen atoms in total. The summed E-state index contributed by atoms with van der Waals surface area (Å²) in [5.41, 5.74) is 3.76. The quantitative estimate of drug-likeness (QED) is 0.740. The molecule has 2 atom stereocenters. The maximum Gasteiger partial charge on any atom is 0.407 e. The second-order valence-electron chi connectivity index (χ2n) is 8.60. The van der Waals surface area contributed by atoms with Gasteiger partial charge in [0.1, 0.15) is 17.0 Å². The first-order valence-corrected chi connectivity index (χ1v) is 11.1. The number of hydrogen-bond donors (Lipinski definition) is 1. The highest BCUT2D eigenvalue weighted by atomic mass is 35.5. The standard InChI is InChI=1S/C23H24ClN5O2/c24-21-19(10-25)20-14-27(11-15-4-2-1-3-5-15)9-8-18(20)22(26-21)28-12-16-6-7-17(13-28)29(16)23(30)31/h1-5,16-17H,6-9,11-14H2,(H,30,31). The molecule has 0 aliphatic carbocycles. The Bertz CT molecular complexity index is 1040. The van der Waals surface area contributed by atoms with Crippen molar-refractivity contribution in [2.24, 2.45) is 0 Å². The van der Waals surface area contributed by atoms with E-state index in [1.165, 1.54) is 5.56 Å². The van der Waals surface area contributed by atoms with E-state index >= 15 is 0 Å². The summed E-state index contributed by atoms with van der Waals surface area (Å²) < 4.78 is 0. The molecule has 1 N–H and O–H groups in total. The Labute approximate surface area is 186 Å². The molecule has 2 unspecified atom stereocenters. The number of pyridine rings is 1. The van der Waals surface area contributed by atoms with Crippen LogP contribution >= 0.6 is 11.6 Å². The maximum absolute atomic E-state index is 11.6. The van der Waals surface area contributed by atoms with Crippen LogP contribution in [-0.4, -0.2) is 57.7 Å². The van der Waals surface area contributed by atoms with Crippen molar-refractivity contribution in [1.29, 1.82) is 5.26 Å². The van der Waals surface area contributed by atoms with Crippen LogP contribution in [0.1, 0.15) is 35.1 Å². The molecular weight excluding hydrogens is 414 g/mol. The molecule has 2 bridgehead atoms. The fourth-order valence-electron chi connectivity index (χ4n) is 5.38. The van der Waals surface area contributed by atoms with Crippen LogP contribution in [0.25, 0.3) is 0 Å². The summed E-state index contributed by atoms with van der Waals surface area (Å²) in [5, 5.41) is 19.6. The molecule has 2 saturated heterocycles. The number of aromatic nitrogens is 1. The SMILES string of the molecule is N#Cc1c(Cl)nc(N2CC3CCC(C2)N3C(=O)O)c2c1CN(Cc1ccccc1)CC2. The Morgan fingerprint density at radius 3 is 2.55 bits per heavy atom. The Balaban J connectivity index is 1.45. The number of halogens is 1. The van der Waals surface area contributed by atoms with Crippen LogP contribution in [0, 0.1) is 11.3 Å². The minimum Gasteiger partial charge on any atom is -0.465 e. The number of hydrogen-bond acceptors (Lipinski definition) is 5. The van der Waals surface area contributed by atoms with Gasteiger partial charge in [-0.3, -0.25) is 9.80 Å². The number of fused-ring (bicyclic) bond motifs is 3. The molecule has 2 fully saturated rings. The minimum atomic E-state index is -0.837. The number of benzene rings is 1. The molecule has 31 heavy (non-hydrogen) atoms. The first-order chi connectivity index (χ1) is 15.0. The van der Waals surface area contributed by atoms with Crippen molar-refractivity contribution in [3.8, 4) is 6.07 Å². The summed E-state index contributed by atoms with van der Waals surface area (Å²) in [6, 6.07) is 12.6. The number of nitriles is 1. The van der Waals surface area contributed by atoms with Gasteiger partial charge in [0.05, 0.1) is 17.6 Å². The van der Waals surface area contributed by atoms with E-state index in [4.69, 9.17) is 11.6 Å². The molecule has 1 aromatic heterocycles. The molecule has 3 aliphatic heterocycles. The lowest BCUT2D eigenvalue weighted by Gasteiger charge is -2.41. The summed E-state index contributed by atoms with van der Waals surface area (Å²) in [4.78, 5) is 22.4. The molecule has 0 radical (unpaired) electrons. The molecule has 8 heteroatoms. The van der Waals surface area contributed by atoms with E-state index in [1.54, 1.807) is 4.90 Å². The molecule has 0 saturated carbocycles. The Morgan fingerprint density at radius 2 is 1.90 bits per heavy atom. The lowest BCUT2D eigenvalue weighted by atomic mass is 9.95. The molecule has 5 rings (SSSR count). The highest BCUT2D eigenvalue weighted by Crippen LogP contribution is 2.38. The fraction of sp³-hybridized carbons (Fsp3) is 0.435. The van der Waals surface area contributed by atoms with Crippen molar-refractivity contribution in [2.45, 2.75) is 44.4 Å². The molecule has 4 heterocycles. The normalized spacial score (nSPS) is 22.8. The van der Waals surface area contributed by atoms with Crippen molar-refractivity contribution < 1.29 is 9.90 Å². The Hall–Kier alpha value is -2.82. The number of anilines is 1. The third-order valence-electron chi connectivity index (χ3n) is 6.77. The van der Waals surface area contributed by atoms with Gasteiger partial charge in [0.15, 0.2) is 0 Å². The number of carbonyl (C=O) groups is 1. The predicted molar refractivity (Wildman–Crippen MR) is 117 cm³/mol. The third-order valence-corrected chi connectivity index (χ3v) is 7.04. The van der Waals surface area contributed by atoms with Crippen molar-refractivity contribution in [2.75, 3.05) is 24.5 Å². The summed E-state index contributed by atoms with van der Waals surface area (Å²) in [7, 11) is 0. The summed E-state index contributed by atoms with van der Waals surface area (Å²) in [6.07, 6.45) is 1.72. The van der Waals surface area contributed by atoms with Gasteiger partial charge in [-0.25, -0.2) is 9.78 Å². The van der Waals surface area contributed by atoms with Gasteiger partial charge in [-0.15, -0.1) is 0 Å². The number of carboxylic acid groups (broad SMARTS) is 1. The third kappa shape index (κ3) is 3.60. The second kappa shape index (κ2) is 8.03. The van der Waals surface area contributed by atoms with Crippen molar-refractivity contribution in [1.82, 2.24) is 14.8 Å². The lowest BCUT2D eigenvalue weighted by molar-refractivity contribution is 0.114. The minimum absolute atomic E-state index is 0.0127. The van der Waals surface area contributed by atoms with Crippen molar-refractivity contribution in [3.63, 3.8) is 0 Å². The van der Waals surface area contributed by atoms with Crippen LogP contribution < -0.4 is 4.90 Å². The van der Waals surface area contributed by atoms with Crippen LogP contribution in [0.3, 0.4) is 0 Å². The predicted octanol–water partition coefficient (Wildman–Crippen LogP) is 3.50. The number of rotatable bonds is 3. The molecule has 160 valence electrons. The fourth-order valence-corrected chi connectivity index (χ4v) is 5.61. The first-order valence-electron chi connectivity index (χ1n) is 10.7. The van der Waals surface area contributed by atoms with E-state index in [-0.39, 0.29) is 17.2 Å². The first kappa shape index (κ1) is 20.1. The monoisotopic (exact) mass is 437 g/mol. The highest BCUT2D eigenvalue weighted by molar-refractivity contribution is 6.30. The van der Waals surface area contributed by atoms with Crippen LogP contribution in [0.2, 0.25) is 5.15 Å². The van der Waals surface area contributed by atoms with E-state index in [1.807, 2.05) is 18.2 Å². The highest BCUT2D eigenvalue weighted by Gasteiger charge is 2.44. The van der Waals surface area contributed by atoms with Gasteiger partial charge >= 0.3 is 6.09 Å². The topological polar surface area (TPSA) is 83.7 Å². The second-order valence-corrected chi connectivity index (χ2v) is 8.95. The van der Waals surface area contributed by atoms with Gasteiger partial charge < -0.3 is 10.0 Å². The zero-order chi connectivity index (χ0) is 21.5. The molecule has 3 aliphatic rings. The van der Waals surface area contributed by atoms with E-state index in [0.29, 0.717) is 25.2 Å². The van der Waals surface area contributed by atoms with E-state index in [9.17, 15) is 15.2 Å². The molecular formula is C23H24ClN5O2. The number of nitrogens with zero attached hydrogens (tertiary/aromatic N) is 5. The number of amides is 1. The van der Waals surface area contributed by atoms with Crippen LogP contribution in [0.4, 0.5) is 10.6 Å². The van der Waals surface area contributed by atoms with E-state index in [2.05, 4.69) is 33.0 Å². The van der Waals surface area contributed by atoms with Gasteiger partial charge in [-0.05, 0) is 30.4 Å². The van der Waals surface area contributed by atoms with Gasteiger partial charge in [-0.1, -0.05) is 41.9 Å². The van der Waals surface area contributed by atoms with Crippen molar-refractivity contribution >= 4 is 23.5 Å². The van der Waals surface area contributed by atoms with Gasteiger partial charge in [0.2, 0.25) is 0 Å². The Kier molecular flexibility index (Phi) is 5.20. The number of piperazine rings is 1. The molecule has 1 aromatic carbocycles. The zero-order valence-corrected chi connectivity index (χ0v) is 17.9. The van der Waals surface area contributed by atoms with E-state index in [0.717, 1.165) is 49.3 Å². The average molecular weight is 438 g/mol. The molecule has 1 amide bonds. The van der Waals surface area contributed by atoms with Crippen LogP contribution in [-0.2, 0) is 19.5 Å². The largest absolute Gasteiger partial charge is 0.465 e. The Morgan fingerprint density at radius 1 is 1.19 bits per heavy atom. The van der Waals surface area contributed by atoms with Gasteiger partial charge in [-0.2, -0.15) is 5.26 Å². The van der Waals surface area contributed by atoms with Crippen molar-refractivity contribution in [3.05, 3.63) is 57.7 Å². The maximum atomic E-state index is 11.6. The lowest BCUT2D eigenvalue weighted by Crippen LogP contribution is -2.56. The molecule has 2 aromatic rings. The molecule has 0 spiro atoms. The smallest absolute Gasteiger partial charge is 0.407 e. The summed E-state index contributed by atoms with van der Waals surface area (Å²) in [5.74, 6) is 0.834.